The molecule has 0 saturated heterocycles. The lowest BCUT2D eigenvalue weighted by Crippen LogP contribution is -2.13. The Kier molecular flexibility index (Phi) is 3.19. The molecule has 0 unspecified atom stereocenters. The summed E-state index contributed by atoms with van der Waals surface area (Å²) in [6.45, 7) is 2.16. The van der Waals surface area contributed by atoms with Crippen molar-refractivity contribution in [1.82, 2.24) is 19.6 Å². The van der Waals surface area contributed by atoms with Crippen LogP contribution >= 0.6 is 0 Å². The van der Waals surface area contributed by atoms with Crippen LogP contribution in [0.5, 0.6) is 0 Å². The van der Waals surface area contributed by atoms with Crippen molar-refractivity contribution in [1.29, 1.82) is 0 Å². The molecule has 0 fully saturated rings. The van der Waals surface area contributed by atoms with Crippen LogP contribution < -0.4 is 4.90 Å². The van der Waals surface area contributed by atoms with Gasteiger partial charge in [0.1, 0.15) is 12.1 Å². The van der Waals surface area contributed by atoms with Crippen molar-refractivity contribution in [3.8, 4) is 0 Å². The molecule has 0 aliphatic carbocycles. The van der Waals surface area contributed by atoms with Gasteiger partial charge < -0.3 is 4.90 Å². The van der Waals surface area contributed by atoms with Gasteiger partial charge in [-0.2, -0.15) is 4.98 Å². The van der Waals surface area contributed by atoms with Crippen molar-refractivity contribution in [2.75, 3.05) is 11.9 Å². The summed E-state index contributed by atoms with van der Waals surface area (Å²) in [4.78, 5) is 6.82. The van der Waals surface area contributed by atoms with E-state index in [2.05, 4.69) is 52.4 Å². The average molecular weight is 303 g/mol. The molecule has 0 bridgehead atoms. The second kappa shape index (κ2) is 5.35. The summed E-state index contributed by atoms with van der Waals surface area (Å²) in [5.74, 6) is 1.50. The molecule has 0 atom stereocenters. The first kappa shape index (κ1) is 13.7. The van der Waals surface area contributed by atoms with E-state index in [4.69, 9.17) is 4.98 Å². The molecule has 0 saturated carbocycles. The van der Waals surface area contributed by atoms with E-state index >= 15 is 0 Å². The van der Waals surface area contributed by atoms with Crippen LogP contribution in [-0.2, 0) is 6.42 Å². The van der Waals surface area contributed by atoms with Gasteiger partial charge in [-0.25, -0.2) is 0 Å². The zero-order valence-electron chi connectivity index (χ0n) is 13.1. The number of aromatic nitrogens is 4. The second-order valence-electron chi connectivity index (χ2n) is 5.54. The Morgan fingerprint density at radius 1 is 1.09 bits per heavy atom. The zero-order chi connectivity index (χ0) is 15.8. The van der Waals surface area contributed by atoms with Gasteiger partial charge in [0.05, 0.1) is 5.52 Å². The lowest BCUT2D eigenvalue weighted by atomic mass is 10.1. The van der Waals surface area contributed by atoms with Gasteiger partial charge in [0, 0.05) is 18.1 Å². The zero-order valence-corrected chi connectivity index (χ0v) is 13.1. The maximum Gasteiger partial charge on any atom is 0.257 e. The summed E-state index contributed by atoms with van der Waals surface area (Å²) in [7, 11) is 2.03. The van der Waals surface area contributed by atoms with Crippen molar-refractivity contribution in [2.45, 2.75) is 13.3 Å². The van der Waals surface area contributed by atoms with E-state index in [1.807, 2.05) is 29.6 Å². The molecular formula is C18H17N5. The molecule has 114 valence electrons. The van der Waals surface area contributed by atoms with Crippen LogP contribution in [0, 0.1) is 0 Å². The van der Waals surface area contributed by atoms with Gasteiger partial charge in [-0.3, -0.25) is 4.40 Å². The average Bonchev–Trinajstić information content (AvgIpc) is 3.09. The molecule has 5 heteroatoms. The molecule has 4 aromatic rings. The molecule has 5 nitrogen and oxygen atoms in total. The van der Waals surface area contributed by atoms with Crippen LogP contribution in [0.25, 0.3) is 16.7 Å². The summed E-state index contributed by atoms with van der Waals surface area (Å²) >= 11 is 0. The highest BCUT2D eigenvalue weighted by molar-refractivity contribution is 5.93. The van der Waals surface area contributed by atoms with Gasteiger partial charge >= 0.3 is 0 Å². The number of nitrogens with zero attached hydrogens (tertiary/aromatic N) is 5. The highest BCUT2D eigenvalue weighted by Gasteiger charge is 2.14. The van der Waals surface area contributed by atoms with Gasteiger partial charge in [-0.1, -0.05) is 31.2 Å². The van der Waals surface area contributed by atoms with E-state index in [9.17, 15) is 0 Å². The third-order valence-electron chi connectivity index (χ3n) is 4.17. The number of para-hydroxylation sites is 1. The van der Waals surface area contributed by atoms with E-state index in [0.717, 1.165) is 28.8 Å². The Hall–Kier alpha value is -2.95. The van der Waals surface area contributed by atoms with Crippen LogP contribution in [0.15, 0.2) is 54.9 Å². The van der Waals surface area contributed by atoms with Gasteiger partial charge in [0.2, 0.25) is 0 Å². The third kappa shape index (κ3) is 2.21. The fraction of sp³-hybridized carbons (Fsp3) is 0.167. The van der Waals surface area contributed by atoms with Crippen molar-refractivity contribution >= 4 is 28.2 Å². The molecule has 0 aliphatic rings. The quantitative estimate of drug-likeness (QED) is 0.580. The number of anilines is 2. The Balaban J connectivity index is 2.02. The number of rotatable bonds is 3. The highest BCUT2D eigenvalue weighted by Crippen LogP contribution is 2.30. The van der Waals surface area contributed by atoms with Crippen molar-refractivity contribution < 1.29 is 0 Å². The first-order chi connectivity index (χ1) is 11.3. The van der Waals surface area contributed by atoms with E-state index in [-0.39, 0.29) is 0 Å². The molecule has 0 spiro atoms. The lowest BCUT2D eigenvalue weighted by molar-refractivity contribution is 1.08. The number of hydrogen-bond acceptors (Lipinski definition) is 4. The molecule has 2 heterocycles. The normalized spacial score (nSPS) is 11.2. The topological polar surface area (TPSA) is 46.3 Å². The number of hydrogen-bond donors (Lipinski definition) is 0. The van der Waals surface area contributed by atoms with Crippen molar-refractivity contribution in [2.24, 2.45) is 0 Å². The molecule has 2 aromatic heterocycles. The van der Waals surface area contributed by atoms with E-state index in [1.54, 1.807) is 6.33 Å². The van der Waals surface area contributed by atoms with Gasteiger partial charge in [0.25, 0.3) is 5.78 Å². The minimum Gasteiger partial charge on any atom is -0.329 e. The van der Waals surface area contributed by atoms with E-state index in [1.165, 1.54) is 5.56 Å². The SMILES string of the molecule is CCc1ccc2c(c1)c(N(C)c1ccccc1)nc1nncn12. The van der Waals surface area contributed by atoms with Crippen LogP contribution in [-0.4, -0.2) is 26.6 Å². The first-order valence-electron chi connectivity index (χ1n) is 7.69. The molecule has 0 amide bonds. The monoisotopic (exact) mass is 303 g/mol. The van der Waals surface area contributed by atoms with Gasteiger partial charge in [-0.15, -0.1) is 10.2 Å². The van der Waals surface area contributed by atoms with Crippen molar-refractivity contribution in [3.05, 3.63) is 60.4 Å². The largest absolute Gasteiger partial charge is 0.329 e. The molecular weight excluding hydrogens is 286 g/mol. The van der Waals surface area contributed by atoms with Crippen LogP contribution in [0.3, 0.4) is 0 Å². The Bertz CT molecular complexity index is 975. The van der Waals surface area contributed by atoms with E-state index in [0.29, 0.717) is 5.78 Å². The Morgan fingerprint density at radius 2 is 1.91 bits per heavy atom. The van der Waals surface area contributed by atoms with Crippen LogP contribution in [0.4, 0.5) is 11.5 Å². The number of fused-ring (bicyclic) bond motifs is 3. The highest BCUT2D eigenvalue weighted by atomic mass is 15.3. The first-order valence-corrected chi connectivity index (χ1v) is 7.69. The Morgan fingerprint density at radius 3 is 2.70 bits per heavy atom. The lowest BCUT2D eigenvalue weighted by Gasteiger charge is -2.20. The van der Waals surface area contributed by atoms with Gasteiger partial charge in [-0.05, 0) is 36.2 Å². The summed E-state index contributed by atoms with van der Waals surface area (Å²) in [5, 5.41) is 9.22. The molecule has 4 rings (SSSR count). The minimum absolute atomic E-state index is 0.611. The molecule has 2 aromatic carbocycles. The van der Waals surface area contributed by atoms with Gasteiger partial charge in [0.15, 0.2) is 0 Å². The third-order valence-corrected chi connectivity index (χ3v) is 4.17. The Labute approximate surface area is 134 Å². The molecule has 0 radical (unpaired) electrons. The molecule has 0 N–H and O–H groups in total. The maximum atomic E-state index is 4.73. The summed E-state index contributed by atoms with van der Waals surface area (Å²) < 4.78 is 1.93. The fourth-order valence-electron chi connectivity index (χ4n) is 2.85. The predicted molar refractivity (Wildman–Crippen MR) is 92.2 cm³/mol. The van der Waals surface area contributed by atoms with E-state index < -0.39 is 0 Å². The second-order valence-corrected chi connectivity index (χ2v) is 5.54. The van der Waals surface area contributed by atoms with Crippen molar-refractivity contribution in [3.63, 3.8) is 0 Å². The fourth-order valence-corrected chi connectivity index (χ4v) is 2.85. The summed E-state index contributed by atoms with van der Waals surface area (Å²) in [6, 6.07) is 16.7. The smallest absolute Gasteiger partial charge is 0.257 e. The maximum absolute atomic E-state index is 4.73. The van der Waals surface area contributed by atoms with Crippen LogP contribution in [0.2, 0.25) is 0 Å². The molecule has 0 aliphatic heterocycles. The molecule has 23 heavy (non-hydrogen) atoms. The summed E-state index contributed by atoms with van der Waals surface area (Å²) in [5.41, 5.74) is 3.44. The summed E-state index contributed by atoms with van der Waals surface area (Å²) in [6.07, 6.45) is 2.70. The number of aryl methyl sites for hydroxylation is 1. The van der Waals surface area contributed by atoms with Crippen LogP contribution in [0.1, 0.15) is 12.5 Å². The minimum atomic E-state index is 0.611. The predicted octanol–water partition coefficient (Wildman–Crippen LogP) is 3.61. The number of benzene rings is 2. The standard InChI is InChI=1S/C18H17N5/c1-3-13-9-10-16-15(11-13)17(20-18-21-19-12-23(16)18)22(2)14-7-5-4-6-8-14/h4-12H,3H2,1-2H3.